The zero-order valence-corrected chi connectivity index (χ0v) is 10.9. The Balaban J connectivity index is 3.21. The molecule has 1 aromatic carbocycles. The van der Waals surface area contributed by atoms with Crippen LogP contribution in [0.1, 0.15) is 11.5 Å². The molecule has 1 rings (SSSR count). The van der Waals surface area contributed by atoms with E-state index in [-0.39, 0.29) is 11.9 Å². The van der Waals surface area contributed by atoms with Crippen LogP contribution in [-0.4, -0.2) is 6.18 Å². The molecule has 0 amide bonds. The van der Waals surface area contributed by atoms with E-state index in [0.717, 1.165) is 0 Å². The first-order valence-electron chi connectivity index (χ1n) is 4.14. The maximum absolute atomic E-state index is 12.6. The van der Waals surface area contributed by atoms with Crippen molar-refractivity contribution >= 4 is 31.9 Å². The van der Waals surface area contributed by atoms with Crippen LogP contribution in [0.25, 0.3) is 0 Å². The molecule has 0 bridgehead atoms. The van der Waals surface area contributed by atoms with Gasteiger partial charge < -0.3 is 0 Å². The predicted octanol–water partition coefficient (Wildman–Crippen LogP) is 5.34. The van der Waals surface area contributed by atoms with Crippen LogP contribution in [0.4, 0.5) is 17.6 Å². The van der Waals surface area contributed by atoms with Gasteiger partial charge in [-0.05, 0) is 29.8 Å². The van der Waals surface area contributed by atoms with Crippen molar-refractivity contribution in [3.05, 3.63) is 45.1 Å². The zero-order chi connectivity index (χ0) is 12.3. The van der Waals surface area contributed by atoms with Crippen molar-refractivity contribution < 1.29 is 17.6 Å². The molecule has 0 spiro atoms. The van der Waals surface area contributed by atoms with Crippen molar-refractivity contribution in [1.82, 2.24) is 0 Å². The van der Waals surface area contributed by atoms with Crippen LogP contribution in [0.3, 0.4) is 0 Å². The highest BCUT2D eigenvalue weighted by molar-refractivity contribution is 9.11. The molecule has 0 N–H and O–H groups in total. The molecule has 0 aliphatic carbocycles. The second-order valence-corrected chi connectivity index (χ2v) is 4.87. The lowest BCUT2D eigenvalue weighted by molar-refractivity contribution is -0.139. The van der Waals surface area contributed by atoms with Gasteiger partial charge in [-0.25, -0.2) is 4.39 Å². The van der Waals surface area contributed by atoms with Gasteiger partial charge in [-0.3, -0.25) is 0 Å². The van der Waals surface area contributed by atoms with Crippen molar-refractivity contribution in [2.75, 3.05) is 0 Å². The Morgan fingerprint density at radius 1 is 1.06 bits per heavy atom. The predicted molar refractivity (Wildman–Crippen MR) is 60.9 cm³/mol. The van der Waals surface area contributed by atoms with Gasteiger partial charge in [0.25, 0.3) is 0 Å². The van der Waals surface area contributed by atoms with Crippen molar-refractivity contribution in [3.8, 4) is 0 Å². The number of rotatable bonds is 2. The summed E-state index contributed by atoms with van der Waals surface area (Å²) >= 11 is 6.17. The van der Waals surface area contributed by atoms with E-state index in [2.05, 4.69) is 31.9 Å². The molecule has 1 atom stereocenters. The molecule has 0 saturated carbocycles. The van der Waals surface area contributed by atoms with E-state index < -0.39 is 12.1 Å². The Bertz CT molecular complexity index is 378. The number of hydrogen-bond acceptors (Lipinski definition) is 0. The fraction of sp³-hybridized carbons (Fsp3) is 0.200. The van der Waals surface area contributed by atoms with Crippen LogP contribution in [-0.2, 0) is 0 Å². The summed E-state index contributed by atoms with van der Waals surface area (Å²) in [6, 6.07) is 4.22. The molecule has 1 unspecified atom stereocenters. The number of benzene rings is 1. The number of halogens is 6. The molecule has 1 aromatic rings. The van der Waals surface area contributed by atoms with Gasteiger partial charge in [0.2, 0.25) is 0 Å². The molecule has 6 heteroatoms. The lowest BCUT2D eigenvalue weighted by Gasteiger charge is -2.17. The summed E-state index contributed by atoms with van der Waals surface area (Å²) < 4.78 is 50.8. The van der Waals surface area contributed by atoms with Gasteiger partial charge in [0.1, 0.15) is 5.92 Å². The maximum atomic E-state index is 12.6. The molecular weight excluding hydrogens is 356 g/mol. The van der Waals surface area contributed by atoms with Crippen LogP contribution >= 0.6 is 31.9 Å². The standard InChI is InChI=1S/C10H6Br2F4/c11-7-3-6(4-8(12)5-7)9(1-2-13)10(14,15)16/h1-5,9H. The summed E-state index contributed by atoms with van der Waals surface area (Å²) in [5.41, 5.74) is -0.0253. The Hall–Kier alpha value is -0.360. The quantitative estimate of drug-likeness (QED) is 0.623. The third-order valence-electron chi connectivity index (χ3n) is 1.86. The molecule has 0 radical (unpaired) electrons. The van der Waals surface area contributed by atoms with Gasteiger partial charge in [0, 0.05) is 8.95 Å². The normalized spacial score (nSPS) is 14.4. The van der Waals surface area contributed by atoms with Crippen LogP contribution in [0.15, 0.2) is 39.6 Å². The summed E-state index contributed by atoms with van der Waals surface area (Å²) in [6.07, 6.45) is -4.12. The minimum atomic E-state index is -4.51. The largest absolute Gasteiger partial charge is 0.399 e. The van der Waals surface area contributed by atoms with Gasteiger partial charge in [0.05, 0.1) is 6.33 Å². The van der Waals surface area contributed by atoms with Gasteiger partial charge in [-0.2, -0.15) is 13.2 Å². The molecule has 88 valence electrons. The summed E-state index contributed by atoms with van der Waals surface area (Å²) in [7, 11) is 0. The smallest absolute Gasteiger partial charge is 0.216 e. The molecule has 0 aliphatic rings. The summed E-state index contributed by atoms with van der Waals surface area (Å²) in [5.74, 6) is -1.94. The average molecular weight is 362 g/mol. The van der Waals surface area contributed by atoms with Crippen molar-refractivity contribution in [3.63, 3.8) is 0 Å². The Labute approximate surface area is 107 Å². The fourth-order valence-corrected chi connectivity index (χ4v) is 2.57. The molecule has 0 fully saturated rings. The van der Waals surface area contributed by atoms with Gasteiger partial charge >= 0.3 is 6.18 Å². The highest BCUT2D eigenvalue weighted by Crippen LogP contribution is 2.38. The SMILES string of the molecule is FC=CC(c1cc(Br)cc(Br)c1)C(F)(F)F. The Kier molecular flexibility index (Phi) is 4.55. The van der Waals surface area contributed by atoms with Gasteiger partial charge in [0.15, 0.2) is 0 Å². The third-order valence-corrected chi connectivity index (χ3v) is 2.78. The van der Waals surface area contributed by atoms with E-state index in [1.807, 2.05) is 0 Å². The molecule has 16 heavy (non-hydrogen) atoms. The lowest BCUT2D eigenvalue weighted by Crippen LogP contribution is -2.18. The summed E-state index contributed by atoms with van der Waals surface area (Å²) in [5, 5.41) is 0. The molecule has 0 nitrogen and oxygen atoms in total. The second kappa shape index (κ2) is 5.31. The van der Waals surface area contributed by atoms with Gasteiger partial charge in [-0.1, -0.05) is 31.9 Å². The van der Waals surface area contributed by atoms with Crippen LogP contribution in [0.2, 0.25) is 0 Å². The van der Waals surface area contributed by atoms with Crippen molar-refractivity contribution in [2.24, 2.45) is 0 Å². The van der Waals surface area contributed by atoms with E-state index >= 15 is 0 Å². The Morgan fingerprint density at radius 2 is 1.56 bits per heavy atom. The molecule has 0 saturated heterocycles. The first-order valence-corrected chi connectivity index (χ1v) is 5.73. The maximum Gasteiger partial charge on any atom is 0.399 e. The number of allylic oxidation sites excluding steroid dienone is 1. The van der Waals surface area contributed by atoms with E-state index in [0.29, 0.717) is 15.0 Å². The first kappa shape index (κ1) is 13.7. The number of hydrogen-bond donors (Lipinski definition) is 0. The van der Waals surface area contributed by atoms with E-state index in [9.17, 15) is 17.6 Å². The second-order valence-electron chi connectivity index (χ2n) is 3.04. The molecule has 0 aliphatic heterocycles. The van der Waals surface area contributed by atoms with Crippen LogP contribution < -0.4 is 0 Å². The van der Waals surface area contributed by atoms with Crippen molar-refractivity contribution in [2.45, 2.75) is 12.1 Å². The lowest BCUT2D eigenvalue weighted by atomic mass is 9.99. The van der Waals surface area contributed by atoms with E-state index in [4.69, 9.17) is 0 Å². The number of alkyl halides is 3. The summed E-state index contributed by atoms with van der Waals surface area (Å²) in [6.45, 7) is 0. The third kappa shape index (κ3) is 3.59. The molecule has 0 aromatic heterocycles. The molecular formula is C10H6Br2F4. The fourth-order valence-electron chi connectivity index (χ4n) is 1.24. The minimum Gasteiger partial charge on any atom is -0.216 e. The van der Waals surface area contributed by atoms with Crippen molar-refractivity contribution in [1.29, 1.82) is 0 Å². The first-order chi connectivity index (χ1) is 7.34. The highest BCUT2D eigenvalue weighted by Gasteiger charge is 2.39. The average Bonchev–Trinajstić information content (AvgIpc) is 2.10. The Morgan fingerprint density at radius 3 is 1.94 bits per heavy atom. The minimum absolute atomic E-state index is 0.0253. The van der Waals surface area contributed by atoms with Gasteiger partial charge in [-0.15, -0.1) is 0 Å². The van der Waals surface area contributed by atoms with Crippen LogP contribution in [0.5, 0.6) is 0 Å². The highest BCUT2D eigenvalue weighted by atomic mass is 79.9. The summed E-state index contributed by atoms with van der Waals surface area (Å²) in [4.78, 5) is 0. The van der Waals surface area contributed by atoms with E-state index in [1.165, 1.54) is 12.1 Å². The molecule has 0 heterocycles. The monoisotopic (exact) mass is 360 g/mol. The zero-order valence-electron chi connectivity index (χ0n) is 7.73. The van der Waals surface area contributed by atoms with E-state index in [1.54, 1.807) is 6.07 Å². The van der Waals surface area contributed by atoms with Crippen LogP contribution in [0, 0.1) is 0 Å². The topological polar surface area (TPSA) is 0 Å².